The van der Waals surface area contributed by atoms with E-state index in [-0.39, 0.29) is 22.8 Å². The van der Waals surface area contributed by atoms with Crippen LogP contribution in [0.4, 0.5) is 0 Å². The van der Waals surface area contributed by atoms with E-state index in [0.717, 1.165) is 6.42 Å². The zero-order chi connectivity index (χ0) is 20.9. The van der Waals surface area contributed by atoms with Gasteiger partial charge in [-0.25, -0.2) is 22.6 Å². The summed E-state index contributed by atoms with van der Waals surface area (Å²) < 4.78 is 39.9. The summed E-state index contributed by atoms with van der Waals surface area (Å²) in [5.74, 6) is -0.160. The number of hydrogen-bond acceptors (Lipinski definition) is 8. The predicted molar refractivity (Wildman–Crippen MR) is 100 cm³/mol. The van der Waals surface area contributed by atoms with E-state index in [1.807, 2.05) is 6.92 Å². The van der Waals surface area contributed by atoms with Crippen LogP contribution in [0.5, 0.6) is 5.75 Å². The molecule has 0 radical (unpaired) electrons. The van der Waals surface area contributed by atoms with Crippen LogP contribution in [0.1, 0.15) is 50.3 Å². The molecule has 1 N–H and O–H groups in total. The first-order chi connectivity index (χ1) is 13.1. The Morgan fingerprint density at radius 3 is 2.61 bits per heavy atom. The highest BCUT2D eigenvalue weighted by Crippen LogP contribution is 2.26. The zero-order valence-corrected chi connectivity index (χ0v) is 17.4. The topological polar surface area (TPSA) is 125 Å². The number of benzene rings is 1. The Morgan fingerprint density at radius 2 is 2.00 bits per heavy atom. The molecule has 1 aromatic heterocycles. The maximum absolute atomic E-state index is 12.7. The number of aromatic nitrogens is 4. The van der Waals surface area contributed by atoms with E-state index < -0.39 is 21.5 Å². The average molecular weight is 411 g/mol. The lowest BCUT2D eigenvalue weighted by Crippen LogP contribution is -2.40. The van der Waals surface area contributed by atoms with Crippen molar-refractivity contribution in [1.29, 1.82) is 0 Å². The molecule has 1 aromatic carbocycles. The van der Waals surface area contributed by atoms with Crippen LogP contribution < -0.4 is 9.46 Å². The second-order valence-corrected chi connectivity index (χ2v) is 8.77. The molecule has 0 bridgehead atoms. The molecule has 0 amide bonds. The third-order valence-electron chi connectivity index (χ3n) is 3.50. The summed E-state index contributed by atoms with van der Waals surface area (Å²) in [6.07, 6.45) is 0.826. The second kappa shape index (κ2) is 8.65. The summed E-state index contributed by atoms with van der Waals surface area (Å²) in [4.78, 5) is 12.3. The van der Waals surface area contributed by atoms with Gasteiger partial charge in [0.05, 0.1) is 12.7 Å². The molecular formula is C17H25N5O5S. The van der Waals surface area contributed by atoms with Gasteiger partial charge in [0.15, 0.2) is 12.4 Å². The molecule has 2 rings (SSSR count). The molecule has 0 aliphatic carbocycles. The van der Waals surface area contributed by atoms with Crippen LogP contribution in [0.3, 0.4) is 0 Å². The summed E-state index contributed by atoms with van der Waals surface area (Å²) in [7, 11) is -2.55. The lowest BCUT2D eigenvalue weighted by atomic mass is 10.1. The van der Waals surface area contributed by atoms with Crippen molar-refractivity contribution in [3.8, 4) is 5.75 Å². The molecular weight excluding hydrogens is 386 g/mol. The highest BCUT2D eigenvalue weighted by atomic mass is 32.2. The van der Waals surface area contributed by atoms with Crippen molar-refractivity contribution in [1.82, 2.24) is 24.9 Å². The fourth-order valence-corrected chi connectivity index (χ4v) is 4.01. The number of carbonyl (C=O) groups is 1. The molecule has 0 aliphatic rings. The van der Waals surface area contributed by atoms with Gasteiger partial charge in [0.1, 0.15) is 10.6 Å². The quantitative estimate of drug-likeness (QED) is 0.648. The Morgan fingerprint density at radius 1 is 1.29 bits per heavy atom. The molecule has 2 aromatic rings. The monoisotopic (exact) mass is 411 g/mol. The molecule has 1 heterocycles. The van der Waals surface area contributed by atoms with E-state index in [1.165, 1.54) is 25.3 Å². The second-order valence-electron chi connectivity index (χ2n) is 7.12. The van der Waals surface area contributed by atoms with Crippen molar-refractivity contribution in [3.05, 3.63) is 29.6 Å². The Kier molecular flexibility index (Phi) is 6.73. The van der Waals surface area contributed by atoms with E-state index >= 15 is 0 Å². The number of carbonyl (C=O) groups excluding carboxylic acids is 1. The highest BCUT2D eigenvalue weighted by molar-refractivity contribution is 7.89. The van der Waals surface area contributed by atoms with Gasteiger partial charge in [-0.2, -0.15) is 0 Å². The van der Waals surface area contributed by atoms with Gasteiger partial charge in [-0.15, -0.1) is 5.10 Å². The summed E-state index contributed by atoms with van der Waals surface area (Å²) in [6, 6.07) is 4.07. The van der Waals surface area contributed by atoms with E-state index in [9.17, 15) is 13.2 Å². The van der Waals surface area contributed by atoms with Gasteiger partial charge in [-0.05, 0) is 55.8 Å². The molecule has 10 nitrogen and oxygen atoms in total. The number of methoxy groups -OCH3 is 1. The third kappa shape index (κ3) is 5.49. The number of aryl methyl sites for hydroxylation is 1. The predicted octanol–water partition coefficient (Wildman–Crippen LogP) is 1.53. The SMILES string of the molecule is CCCn1nnnc1COC(=O)c1ccc(OC)c(S(=O)(=O)NC(C)(C)C)c1. The number of sulfonamides is 1. The maximum atomic E-state index is 12.7. The molecule has 0 spiro atoms. The lowest BCUT2D eigenvalue weighted by Gasteiger charge is -2.21. The Hall–Kier alpha value is -2.53. The van der Waals surface area contributed by atoms with Crippen molar-refractivity contribution in [2.24, 2.45) is 0 Å². The molecule has 0 fully saturated rings. The van der Waals surface area contributed by atoms with Gasteiger partial charge in [-0.3, -0.25) is 0 Å². The first-order valence-corrected chi connectivity index (χ1v) is 10.2. The highest BCUT2D eigenvalue weighted by Gasteiger charge is 2.26. The lowest BCUT2D eigenvalue weighted by molar-refractivity contribution is 0.0456. The zero-order valence-electron chi connectivity index (χ0n) is 16.6. The molecule has 0 unspecified atom stereocenters. The average Bonchev–Trinajstić information content (AvgIpc) is 3.04. The number of nitrogens with one attached hydrogen (secondary N) is 1. The smallest absolute Gasteiger partial charge is 0.338 e. The Balaban J connectivity index is 2.24. The van der Waals surface area contributed by atoms with Crippen LogP contribution in [0.25, 0.3) is 0 Å². The Bertz CT molecular complexity index is 934. The molecule has 28 heavy (non-hydrogen) atoms. The van der Waals surface area contributed by atoms with Gasteiger partial charge in [0.25, 0.3) is 0 Å². The van der Waals surface area contributed by atoms with Gasteiger partial charge in [0.2, 0.25) is 10.0 Å². The van der Waals surface area contributed by atoms with E-state index in [2.05, 4.69) is 20.2 Å². The number of rotatable bonds is 8. The normalized spacial score (nSPS) is 12.0. The van der Waals surface area contributed by atoms with Crippen molar-refractivity contribution < 1.29 is 22.7 Å². The summed E-state index contributed by atoms with van der Waals surface area (Å²) in [6.45, 7) is 7.60. The van der Waals surface area contributed by atoms with Crippen LogP contribution in [0, 0.1) is 0 Å². The first-order valence-electron chi connectivity index (χ1n) is 8.71. The van der Waals surface area contributed by atoms with Gasteiger partial charge in [-0.1, -0.05) is 6.92 Å². The Labute approximate surface area is 164 Å². The van der Waals surface area contributed by atoms with Gasteiger partial charge < -0.3 is 9.47 Å². The summed E-state index contributed by atoms with van der Waals surface area (Å²) >= 11 is 0. The number of ether oxygens (including phenoxy) is 2. The van der Waals surface area contributed by atoms with Crippen molar-refractivity contribution in [3.63, 3.8) is 0 Å². The van der Waals surface area contributed by atoms with Crippen LogP contribution in [-0.4, -0.2) is 47.2 Å². The fraction of sp³-hybridized carbons (Fsp3) is 0.529. The van der Waals surface area contributed by atoms with Crippen molar-refractivity contribution in [2.45, 2.75) is 57.7 Å². The van der Waals surface area contributed by atoms with Crippen LogP contribution in [0.15, 0.2) is 23.1 Å². The van der Waals surface area contributed by atoms with Crippen molar-refractivity contribution in [2.75, 3.05) is 7.11 Å². The van der Waals surface area contributed by atoms with Gasteiger partial charge >= 0.3 is 5.97 Å². The van der Waals surface area contributed by atoms with Crippen LogP contribution in [0.2, 0.25) is 0 Å². The number of esters is 1. The largest absolute Gasteiger partial charge is 0.495 e. The molecule has 0 atom stereocenters. The number of hydrogen-bond donors (Lipinski definition) is 1. The van der Waals surface area contributed by atoms with Crippen LogP contribution >= 0.6 is 0 Å². The van der Waals surface area contributed by atoms with Crippen molar-refractivity contribution >= 4 is 16.0 Å². The van der Waals surface area contributed by atoms with Gasteiger partial charge in [0, 0.05) is 12.1 Å². The molecule has 0 saturated heterocycles. The first kappa shape index (κ1) is 21.8. The molecule has 0 saturated carbocycles. The molecule has 11 heteroatoms. The standard InChI is InChI=1S/C17H25N5O5S/c1-6-9-22-15(18-20-21-22)11-27-16(23)12-7-8-13(26-5)14(10-12)28(24,25)19-17(2,3)4/h7-8,10,19H,6,9,11H2,1-5H3. The van der Waals surface area contributed by atoms with E-state index in [1.54, 1.807) is 25.5 Å². The van der Waals surface area contributed by atoms with E-state index in [0.29, 0.717) is 12.4 Å². The third-order valence-corrected chi connectivity index (χ3v) is 5.28. The minimum Gasteiger partial charge on any atom is -0.495 e. The minimum absolute atomic E-state index is 0.0737. The summed E-state index contributed by atoms with van der Waals surface area (Å²) in [5.41, 5.74) is -0.624. The molecule has 154 valence electrons. The summed E-state index contributed by atoms with van der Waals surface area (Å²) in [5, 5.41) is 11.2. The number of nitrogens with zero attached hydrogens (tertiary/aromatic N) is 4. The molecule has 0 aliphatic heterocycles. The fourth-order valence-electron chi connectivity index (χ4n) is 2.40. The number of tetrazole rings is 1. The van der Waals surface area contributed by atoms with Crippen LogP contribution in [-0.2, 0) is 27.9 Å². The maximum Gasteiger partial charge on any atom is 0.338 e. The minimum atomic E-state index is -3.91. The van der Waals surface area contributed by atoms with E-state index in [4.69, 9.17) is 9.47 Å².